The number of hydrogen-bond donors (Lipinski definition) is 6. The first kappa shape index (κ1) is 30.0. The Kier molecular flexibility index (Phi) is 12.3. The van der Waals surface area contributed by atoms with Gasteiger partial charge in [0, 0.05) is 13.0 Å². The lowest BCUT2D eigenvalue weighted by Crippen LogP contribution is -2.59. The number of aldehydes is 1. The van der Waals surface area contributed by atoms with Crippen LogP contribution in [0.5, 0.6) is 0 Å². The number of aliphatic carboxylic acids is 1. The maximum absolute atomic E-state index is 13.0. The van der Waals surface area contributed by atoms with Gasteiger partial charge in [0.1, 0.15) is 24.4 Å². The number of hydrogen-bond acceptors (Lipinski definition) is 8. The van der Waals surface area contributed by atoms with Crippen LogP contribution >= 0.6 is 0 Å². The van der Waals surface area contributed by atoms with E-state index < -0.39 is 60.4 Å². The zero-order valence-corrected chi connectivity index (χ0v) is 20.4. The predicted molar refractivity (Wildman–Crippen MR) is 124 cm³/mol. The van der Waals surface area contributed by atoms with Gasteiger partial charge in [0.05, 0.1) is 18.7 Å². The first-order chi connectivity index (χ1) is 16.4. The smallest absolute Gasteiger partial charge is 0.303 e. The molecule has 0 radical (unpaired) electrons. The van der Waals surface area contributed by atoms with E-state index >= 15 is 0 Å². The number of carboxylic acids is 1. The molecule has 0 saturated carbocycles. The van der Waals surface area contributed by atoms with Gasteiger partial charge in [-0.1, -0.05) is 13.8 Å². The Hall–Kier alpha value is -3.06. The van der Waals surface area contributed by atoms with Crippen LogP contribution in [0, 0.1) is 5.92 Å². The Morgan fingerprint density at radius 3 is 2.31 bits per heavy atom. The summed E-state index contributed by atoms with van der Waals surface area (Å²) in [6.45, 7) is 5.09. The van der Waals surface area contributed by atoms with Crippen LogP contribution in [-0.2, 0) is 28.8 Å². The fraction of sp³-hybridized carbons (Fsp3) is 0.727. The van der Waals surface area contributed by atoms with Gasteiger partial charge in [0.2, 0.25) is 23.6 Å². The number of nitrogens with one attached hydrogen (secondary N) is 3. The van der Waals surface area contributed by atoms with Gasteiger partial charge in [-0.25, -0.2) is 0 Å². The summed E-state index contributed by atoms with van der Waals surface area (Å²) >= 11 is 0. The first-order valence-electron chi connectivity index (χ1n) is 11.7. The third-order valence-electron chi connectivity index (χ3n) is 5.58. The fourth-order valence-corrected chi connectivity index (χ4v) is 3.84. The number of carbonyl (C=O) groups is 6. The summed E-state index contributed by atoms with van der Waals surface area (Å²) in [6, 6.07) is -4.43. The van der Waals surface area contributed by atoms with Crippen molar-refractivity contribution in [3.63, 3.8) is 0 Å². The normalized spacial score (nSPS) is 18.8. The van der Waals surface area contributed by atoms with Crippen molar-refractivity contribution in [2.24, 2.45) is 11.7 Å². The van der Waals surface area contributed by atoms with Crippen molar-refractivity contribution in [1.82, 2.24) is 20.9 Å². The number of amides is 4. The number of aliphatic hydroxyl groups excluding tert-OH is 1. The highest BCUT2D eigenvalue weighted by molar-refractivity contribution is 5.95. The van der Waals surface area contributed by atoms with Crippen molar-refractivity contribution in [2.75, 3.05) is 13.1 Å². The molecule has 0 aromatic rings. The Labute approximate surface area is 204 Å². The number of nitrogens with two attached hydrogens (primary N) is 1. The molecule has 1 fully saturated rings. The first-order valence-corrected chi connectivity index (χ1v) is 11.7. The lowest BCUT2D eigenvalue weighted by molar-refractivity contribution is -0.141. The van der Waals surface area contributed by atoms with Crippen molar-refractivity contribution in [3.8, 4) is 0 Å². The molecule has 0 spiro atoms. The highest BCUT2D eigenvalue weighted by Gasteiger charge is 2.38. The molecule has 0 bridgehead atoms. The van der Waals surface area contributed by atoms with Crippen LogP contribution in [0.3, 0.4) is 0 Å². The van der Waals surface area contributed by atoms with Gasteiger partial charge in [0.15, 0.2) is 0 Å². The number of aliphatic hydroxyl groups is 1. The van der Waals surface area contributed by atoms with Crippen LogP contribution < -0.4 is 21.7 Å². The zero-order chi connectivity index (χ0) is 26.7. The van der Waals surface area contributed by atoms with Gasteiger partial charge in [0.25, 0.3) is 0 Å². The summed E-state index contributed by atoms with van der Waals surface area (Å²) in [5.74, 6) is -3.75. The molecule has 1 aliphatic heterocycles. The average Bonchev–Trinajstić information content (AvgIpc) is 3.26. The van der Waals surface area contributed by atoms with E-state index in [1.54, 1.807) is 0 Å². The molecule has 1 aliphatic rings. The second-order valence-corrected chi connectivity index (χ2v) is 9.06. The molecule has 5 atom stereocenters. The van der Waals surface area contributed by atoms with E-state index in [9.17, 15) is 33.9 Å². The van der Waals surface area contributed by atoms with Gasteiger partial charge in [-0.2, -0.15) is 0 Å². The average molecular weight is 500 g/mol. The Bertz CT molecular complexity index is 788. The molecule has 13 heteroatoms. The van der Waals surface area contributed by atoms with Crippen LogP contribution in [0.25, 0.3) is 0 Å². The van der Waals surface area contributed by atoms with Crippen molar-refractivity contribution in [1.29, 1.82) is 0 Å². The van der Waals surface area contributed by atoms with Crippen molar-refractivity contribution < 1.29 is 39.0 Å². The Morgan fingerprint density at radius 2 is 1.77 bits per heavy atom. The third kappa shape index (κ3) is 9.61. The van der Waals surface area contributed by atoms with Crippen molar-refractivity contribution in [2.45, 2.75) is 83.1 Å². The molecule has 1 rings (SSSR count). The lowest BCUT2D eigenvalue weighted by atomic mass is 10.0. The highest BCUT2D eigenvalue weighted by atomic mass is 16.4. The molecule has 4 amide bonds. The largest absolute Gasteiger partial charge is 0.481 e. The van der Waals surface area contributed by atoms with Gasteiger partial charge >= 0.3 is 5.97 Å². The standard InChI is InChI=1S/C22H37N5O8/c1-12(2)11-14(23)22(35)27-9-4-5-16(27)20(33)25-15(6-7-17(30)31)19(32)26-18(13(3)29)21(34)24-8-10-28/h10,12-16,18,29H,4-9,11,23H2,1-3H3,(H,24,34)(H,25,33)(H,26,32)(H,30,31)/t13-,14+,15+,16+,18+/m1/s1. The zero-order valence-electron chi connectivity index (χ0n) is 20.4. The van der Waals surface area contributed by atoms with Crippen LogP contribution in [0.1, 0.15) is 52.9 Å². The number of carboxylic acid groups (broad SMARTS) is 1. The molecular formula is C22H37N5O8. The number of likely N-dealkylation sites (tertiary alicyclic amines) is 1. The fourth-order valence-electron chi connectivity index (χ4n) is 3.84. The Morgan fingerprint density at radius 1 is 1.11 bits per heavy atom. The summed E-state index contributed by atoms with van der Waals surface area (Å²) < 4.78 is 0. The topological polar surface area (TPSA) is 208 Å². The molecule has 35 heavy (non-hydrogen) atoms. The second kappa shape index (κ2) is 14.4. The number of rotatable bonds is 14. The second-order valence-electron chi connectivity index (χ2n) is 9.06. The van der Waals surface area contributed by atoms with Crippen LogP contribution in [0.2, 0.25) is 0 Å². The van der Waals surface area contributed by atoms with E-state index in [1.807, 2.05) is 13.8 Å². The molecule has 0 aliphatic carbocycles. The minimum absolute atomic E-state index is 0.179. The SMILES string of the molecule is CC(C)C[C@H](N)C(=O)N1CCC[C@H]1C(=O)N[C@@H](CCC(=O)O)C(=O)N[C@H](C(=O)NCC=O)[C@@H](C)O. The van der Waals surface area contributed by atoms with E-state index in [4.69, 9.17) is 10.8 Å². The van der Waals surface area contributed by atoms with Gasteiger partial charge in [-0.3, -0.25) is 24.0 Å². The van der Waals surface area contributed by atoms with Crippen molar-refractivity contribution in [3.05, 3.63) is 0 Å². The molecule has 13 nitrogen and oxygen atoms in total. The van der Waals surface area contributed by atoms with Gasteiger partial charge < -0.3 is 41.6 Å². The van der Waals surface area contributed by atoms with E-state index in [-0.39, 0.29) is 24.8 Å². The van der Waals surface area contributed by atoms with E-state index in [0.29, 0.717) is 32.1 Å². The molecule has 0 aromatic heterocycles. The monoisotopic (exact) mass is 499 g/mol. The van der Waals surface area contributed by atoms with Crippen molar-refractivity contribution >= 4 is 35.9 Å². The van der Waals surface area contributed by atoms with Crippen LogP contribution in [-0.4, -0.2) is 94.4 Å². The molecule has 0 unspecified atom stereocenters. The van der Waals surface area contributed by atoms with E-state index in [0.717, 1.165) is 0 Å². The van der Waals surface area contributed by atoms with E-state index in [1.165, 1.54) is 11.8 Å². The quantitative estimate of drug-likeness (QED) is 0.144. The van der Waals surface area contributed by atoms with Crippen LogP contribution in [0.4, 0.5) is 0 Å². The summed E-state index contributed by atoms with van der Waals surface area (Å²) in [6.07, 6.45) is -0.303. The number of nitrogens with zero attached hydrogens (tertiary/aromatic N) is 1. The third-order valence-corrected chi connectivity index (χ3v) is 5.58. The highest BCUT2D eigenvalue weighted by Crippen LogP contribution is 2.20. The number of carbonyl (C=O) groups excluding carboxylic acids is 5. The summed E-state index contributed by atoms with van der Waals surface area (Å²) in [7, 11) is 0. The molecule has 1 saturated heterocycles. The molecule has 0 aromatic carbocycles. The molecule has 1 heterocycles. The summed E-state index contributed by atoms with van der Waals surface area (Å²) in [5.41, 5.74) is 6.00. The predicted octanol–water partition coefficient (Wildman–Crippen LogP) is -2.12. The lowest BCUT2D eigenvalue weighted by Gasteiger charge is -2.29. The maximum atomic E-state index is 13.0. The summed E-state index contributed by atoms with van der Waals surface area (Å²) in [4.78, 5) is 73.8. The van der Waals surface area contributed by atoms with E-state index in [2.05, 4.69) is 16.0 Å². The molecule has 198 valence electrons. The van der Waals surface area contributed by atoms with Gasteiger partial charge in [-0.15, -0.1) is 0 Å². The molecule has 7 N–H and O–H groups in total. The van der Waals surface area contributed by atoms with Crippen LogP contribution in [0.15, 0.2) is 0 Å². The minimum Gasteiger partial charge on any atom is -0.481 e. The molecular weight excluding hydrogens is 462 g/mol. The summed E-state index contributed by atoms with van der Waals surface area (Å²) in [5, 5.41) is 25.9. The Balaban J connectivity index is 2.98. The van der Waals surface area contributed by atoms with Gasteiger partial charge in [-0.05, 0) is 38.5 Å². The maximum Gasteiger partial charge on any atom is 0.303 e. The minimum atomic E-state index is -1.44.